The predicted octanol–water partition coefficient (Wildman–Crippen LogP) is 1.96. The summed E-state index contributed by atoms with van der Waals surface area (Å²) in [6.45, 7) is 4.88. The summed E-state index contributed by atoms with van der Waals surface area (Å²) in [5.74, 6) is -0.923. The molecule has 0 saturated heterocycles. The van der Waals surface area contributed by atoms with Gasteiger partial charge in [-0.15, -0.1) is 0 Å². The minimum absolute atomic E-state index is 0.169. The van der Waals surface area contributed by atoms with Gasteiger partial charge < -0.3 is 9.47 Å². The van der Waals surface area contributed by atoms with Crippen molar-refractivity contribution in [1.29, 1.82) is 0 Å². The Morgan fingerprint density at radius 3 is 2.69 bits per heavy atom. The van der Waals surface area contributed by atoms with Gasteiger partial charge in [0.2, 0.25) is 0 Å². The number of rotatable bonds is 3. The Hall–Kier alpha value is -1.58. The molecule has 4 nitrogen and oxygen atoms in total. The van der Waals surface area contributed by atoms with Gasteiger partial charge in [0.05, 0.1) is 6.10 Å². The molecule has 0 aromatic heterocycles. The minimum atomic E-state index is -0.503. The quantitative estimate of drug-likeness (QED) is 0.688. The molecule has 1 aliphatic rings. The van der Waals surface area contributed by atoms with Crippen molar-refractivity contribution in [3.05, 3.63) is 24.0 Å². The Labute approximate surface area is 94.9 Å². The van der Waals surface area contributed by atoms with E-state index in [-0.39, 0.29) is 12.1 Å². The van der Waals surface area contributed by atoms with Crippen LogP contribution in [0.3, 0.4) is 0 Å². The number of allylic oxidation sites excluding steroid dienone is 3. The van der Waals surface area contributed by atoms with Crippen LogP contribution in [0.2, 0.25) is 0 Å². The minimum Gasteiger partial charge on any atom is -0.462 e. The molecule has 0 spiro atoms. The Balaban J connectivity index is 2.71. The summed E-state index contributed by atoms with van der Waals surface area (Å²) < 4.78 is 10.1. The number of ether oxygens (including phenoxy) is 2. The van der Waals surface area contributed by atoms with Crippen molar-refractivity contribution >= 4 is 11.9 Å². The highest BCUT2D eigenvalue weighted by Gasteiger charge is 2.27. The van der Waals surface area contributed by atoms with E-state index in [4.69, 9.17) is 9.47 Å². The van der Waals surface area contributed by atoms with Gasteiger partial charge in [-0.1, -0.05) is 12.2 Å². The summed E-state index contributed by atoms with van der Waals surface area (Å²) in [5.41, 5.74) is 0. The van der Waals surface area contributed by atoms with E-state index in [0.717, 1.165) is 0 Å². The van der Waals surface area contributed by atoms with Gasteiger partial charge in [0.15, 0.2) is 0 Å². The second kappa shape index (κ2) is 5.49. The van der Waals surface area contributed by atoms with Gasteiger partial charge in [0, 0.05) is 6.92 Å². The van der Waals surface area contributed by atoms with Crippen LogP contribution in [0.25, 0.3) is 0 Å². The molecule has 88 valence electrons. The maximum Gasteiger partial charge on any atom is 0.317 e. The molecule has 0 radical (unpaired) electrons. The standard InChI is InChI=1S/C12H16O4/c1-8(2)15-12(14)10-6-4-5-7-11(10)16-9(3)13/h4-5,7-8,10H,6H2,1-3H3. The highest BCUT2D eigenvalue weighted by Crippen LogP contribution is 2.23. The molecule has 0 N–H and O–H groups in total. The number of carbonyl (C=O) groups excluding carboxylic acids is 2. The molecule has 0 fully saturated rings. The zero-order valence-corrected chi connectivity index (χ0v) is 9.73. The average Bonchev–Trinajstić information content (AvgIpc) is 2.16. The molecule has 1 rings (SSSR count). The van der Waals surface area contributed by atoms with Crippen molar-refractivity contribution in [3.63, 3.8) is 0 Å². The van der Waals surface area contributed by atoms with E-state index in [1.807, 2.05) is 6.08 Å². The van der Waals surface area contributed by atoms with Crippen molar-refractivity contribution in [2.45, 2.75) is 33.3 Å². The molecular weight excluding hydrogens is 208 g/mol. The van der Waals surface area contributed by atoms with Crippen LogP contribution in [0.1, 0.15) is 27.2 Å². The third-order valence-corrected chi connectivity index (χ3v) is 2.01. The molecule has 0 aliphatic heterocycles. The molecule has 4 heteroatoms. The summed E-state index contributed by atoms with van der Waals surface area (Å²) >= 11 is 0. The molecule has 0 heterocycles. The molecule has 1 aliphatic carbocycles. The van der Waals surface area contributed by atoms with Gasteiger partial charge >= 0.3 is 11.9 Å². The van der Waals surface area contributed by atoms with Crippen molar-refractivity contribution in [2.24, 2.45) is 5.92 Å². The predicted molar refractivity (Wildman–Crippen MR) is 58.3 cm³/mol. The second-order valence-corrected chi connectivity index (χ2v) is 3.86. The lowest BCUT2D eigenvalue weighted by molar-refractivity contribution is -0.153. The summed E-state index contributed by atoms with van der Waals surface area (Å²) in [5, 5.41) is 0. The second-order valence-electron chi connectivity index (χ2n) is 3.86. The fraction of sp³-hybridized carbons (Fsp3) is 0.500. The van der Waals surface area contributed by atoms with Gasteiger partial charge in [0.1, 0.15) is 11.7 Å². The smallest absolute Gasteiger partial charge is 0.317 e. The fourth-order valence-electron chi connectivity index (χ4n) is 1.41. The van der Waals surface area contributed by atoms with Crippen LogP contribution in [0.5, 0.6) is 0 Å². The first kappa shape index (κ1) is 12.5. The van der Waals surface area contributed by atoms with E-state index in [0.29, 0.717) is 12.2 Å². The van der Waals surface area contributed by atoms with Gasteiger partial charge in [-0.2, -0.15) is 0 Å². The lowest BCUT2D eigenvalue weighted by Gasteiger charge is -2.20. The number of carbonyl (C=O) groups is 2. The summed E-state index contributed by atoms with van der Waals surface area (Å²) in [4.78, 5) is 22.6. The summed E-state index contributed by atoms with van der Waals surface area (Å²) in [6, 6.07) is 0. The van der Waals surface area contributed by atoms with E-state index >= 15 is 0 Å². The highest BCUT2D eigenvalue weighted by atomic mass is 16.6. The van der Waals surface area contributed by atoms with Crippen molar-refractivity contribution in [2.75, 3.05) is 0 Å². The maximum absolute atomic E-state index is 11.7. The Morgan fingerprint density at radius 2 is 2.12 bits per heavy atom. The molecule has 0 amide bonds. The van der Waals surface area contributed by atoms with E-state index < -0.39 is 11.9 Å². The summed E-state index contributed by atoms with van der Waals surface area (Å²) in [7, 11) is 0. The summed E-state index contributed by atoms with van der Waals surface area (Å²) in [6.07, 6.45) is 5.57. The van der Waals surface area contributed by atoms with Crippen LogP contribution in [0, 0.1) is 5.92 Å². The first-order valence-electron chi connectivity index (χ1n) is 5.26. The fourth-order valence-corrected chi connectivity index (χ4v) is 1.41. The zero-order valence-electron chi connectivity index (χ0n) is 9.73. The molecule has 0 bridgehead atoms. The van der Waals surface area contributed by atoms with Crippen molar-refractivity contribution in [3.8, 4) is 0 Å². The Kier molecular flexibility index (Phi) is 4.28. The zero-order chi connectivity index (χ0) is 12.1. The highest BCUT2D eigenvalue weighted by molar-refractivity contribution is 5.77. The lowest BCUT2D eigenvalue weighted by Crippen LogP contribution is -2.25. The third kappa shape index (κ3) is 3.53. The first-order chi connectivity index (χ1) is 7.50. The number of esters is 2. The largest absolute Gasteiger partial charge is 0.462 e. The third-order valence-electron chi connectivity index (χ3n) is 2.01. The molecule has 1 atom stereocenters. The van der Waals surface area contributed by atoms with Crippen LogP contribution in [0.4, 0.5) is 0 Å². The number of hydrogen-bond donors (Lipinski definition) is 0. The molecule has 0 saturated carbocycles. The van der Waals surface area contributed by atoms with Crippen LogP contribution in [-0.2, 0) is 19.1 Å². The molecule has 16 heavy (non-hydrogen) atoms. The SMILES string of the molecule is CC(=O)OC1=CC=CCC1C(=O)OC(C)C. The number of hydrogen-bond acceptors (Lipinski definition) is 4. The van der Waals surface area contributed by atoms with Crippen LogP contribution in [0.15, 0.2) is 24.0 Å². The molecule has 1 unspecified atom stereocenters. The topological polar surface area (TPSA) is 52.6 Å². The van der Waals surface area contributed by atoms with Gasteiger partial charge in [-0.25, -0.2) is 0 Å². The van der Waals surface area contributed by atoms with Crippen LogP contribution in [-0.4, -0.2) is 18.0 Å². The molecule has 0 aromatic carbocycles. The van der Waals surface area contributed by atoms with E-state index in [1.165, 1.54) is 6.92 Å². The Morgan fingerprint density at radius 1 is 1.44 bits per heavy atom. The Bertz CT molecular complexity index is 339. The van der Waals surface area contributed by atoms with E-state index in [1.54, 1.807) is 26.0 Å². The van der Waals surface area contributed by atoms with Crippen LogP contribution >= 0.6 is 0 Å². The molecule has 0 aromatic rings. The van der Waals surface area contributed by atoms with E-state index in [9.17, 15) is 9.59 Å². The van der Waals surface area contributed by atoms with E-state index in [2.05, 4.69) is 0 Å². The van der Waals surface area contributed by atoms with Gasteiger partial charge in [-0.3, -0.25) is 9.59 Å². The first-order valence-corrected chi connectivity index (χ1v) is 5.26. The maximum atomic E-state index is 11.7. The average molecular weight is 224 g/mol. The monoisotopic (exact) mass is 224 g/mol. The lowest BCUT2D eigenvalue weighted by atomic mass is 9.98. The van der Waals surface area contributed by atoms with Crippen LogP contribution < -0.4 is 0 Å². The molecular formula is C12H16O4. The van der Waals surface area contributed by atoms with Gasteiger partial charge in [-0.05, 0) is 26.3 Å². The van der Waals surface area contributed by atoms with Crippen molar-refractivity contribution in [1.82, 2.24) is 0 Å². The van der Waals surface area contributed by atoms with Crippen molar-refractivity contribution < 1.29 is 19.1 Å². The van der Waals surface area contributed by atoms with Gasteiger partial charge in [0.25, 0.3) is 0 Å². The normalized spacial score (nSPS) is 19.2.